The number of carbonyl (C=O) groups is 1. The molecule has 0 aromatic rings. The van der Waals surface area contributed by atoms with Crippen LogP contribution in [0.15, 0.2) is 11.6 Å². The van der Waals surface area contributed by atoms with Crippen LogP contribution in [0.5, 0.6) is 0 Å². The molecule has 1 unspecified atom stereocenters. The smallest absolute Gasteiger partial charge is 0.125 e. The van der Waals surface area contributed by atoms with Gasteiger partial charge in [-0.25, -0.2) is 0 Å². The summed E-state index contributed by atoms with van der Waals surface area (Å²) < 4.78 is 0. The Bertz CT molecular complexity index is 248. The normalized spacial score (nSPS) is 22.7. The number of rotatable bonds is 4. The van der Waals surface area contributed by atoms with E-state index in [1.54, 1.807) is 0 Å². The molecule has 0 amide bonds. The third kappa shape index (κ3) is 3.81. The number of allylic oxidation sites excluding steroid dienone is 2. The highest BCUT2D eigenvalue weighted by molar-refractivity contribution is 5.58. The van der Waals surface area contributed by atoms with E-state index in [1.165, 1.54) is 24.8 Å². The summed E-state index contributed by atoms with van der Waals surface area (Å²) in [5.41, 5.74) is 1.32. The first-order valence-electron chi connectivity index (χ1n) is 6.09. The number of aldehydes is 1. The van der Waals surface area contributed by atoms with E-state index in [2.05, 4.69) is 19.9 Å². The fourth-order valence-electron chi connectivity index (χ4n) is 2.30. The van der Waals surface area contributed by atoms with Gasteiger partial charge in [-0.1, -0.05) is 39.3 Å². The molecule has 15 heavy (non-hydrogen) atoms. The van der Waals surface area contributed by atoms with Gasteiger partial charge in [-0.2, -0.15) is 0 Å². The number of carbonyl (C=O) groups excluding carboxylic acids is 1. The fourth-order valence-corrected chi connectivity index (χ4v) is 2.30. The summed E-state index contributed by atoms with van der Waals surface area (Å²) in [6.07, 6.45) is 8.11. The molecule has 0 radical (unpaired) electrons. The van der Waals surface area contributed by atoms with Gasteiger partial charge < -0.3 is 4.79 Å². The summed E-state index contributed by atoms with van der Waals surface area (Å²) in [7, 11) is 0. The molecule has 0 spiro atoms. The van der Waals surface area contributed by atoms with Crippen LogP contribution in [0.3, 0.4) is 0 Å². The maximum atomic E-state index is 10.8. The highest BCUT2D eigenvalue weighted by atomic mass is 16.1. The molecule has 86 valence electrons. The lowest BCUT2D eigenvalue weighted by atomic mass is 9.78. The van der Waals surface area contributed by atoms with Crippen molar-refractivity contribution >= 4 is 6.29 Å². The first kappa shape index (κ1) is 12.5. The summed E-state index contributed by atoms with van der Waals surface area (Å²) in [6, 6.07) is 0. The van der Waals surface area contributed by atoms with Gasteiger partial charge in [0.2, 0.25) is 0 Å². The van der Waals surface area contributed by atoms with Crippen LogP contribution in [0.25, 0.3) is 0 Å². The van der Waals surface area contributed by atoms with Gasteiger partial charge in [-0.15, -0.1) is 0 Å². The first-order valence-corrected chi connectivity index (χ1v) is 6.09. The van der Waals surface area contributed by atoms with Crippen molar-refractivity contribution in [1.82, 2.24) is 0 Å². The Morgan fingerprint density at radius 1 is 1.53 bits per heavy atom. The van der Waals surface area contributed by atoms with Crippen molar-refractivity contribution in [2.45, 2.75) is 53.4 Å². The molecule has 0 heterocycles. The van der Waals surface area contributed by atoms with Gasteiger partial charge in [0, 0.05) is 5.41 Å². The molecule has 0 aromatic heterocycles. The molecule has 1 nitrogen and oxygen atoms in total. The minimum atomic E-state index is -0.170. The first-order chi connectivity index (χ1) is 6.94. The van der Waals surface area contributed by atoms with Crippen molar-refractivity contribution in [2.75, 3.05) is 0 Å². The molecule has 1 aliphatic carbocycles. The minimum Gasteiger partial charge on any atom is -0.303 e. The predicted molar refractivity (Wildman–Crippen MR) is 64.7 cm³/mol. The van der Waals surface area contributed by atoms with Crippen molar-refractivity contribution in [3.05, 3.63) is 11.6 Å². The predicted octanol–water partition coefficient (Wildman–Crippen LogP) is 3.98. The van der Waals surface area contributed by atoms with Crippen LogP contribution in [0.1, 0.15) is 53.4 Å². The molecule has 0 saturated carbocycles. The van der Waals surface area contributed by atoms with Crippen molar-refractivity contribution < 1.29 is 4.79 Å². The quantitative estimate of drug-likeness (QED) is 0.504. The lowest BCUT2D eigenvalue weighted by Gasteiger charge is -2.27. The summed E-state index contributed by atoms with van der Waals surface area (Å²) in [6.45, 7) is 8.66. The fraction of sp³-hybridized carbons (Fsp3) is 0.786. The van der Waals surface area contributed by atoms with E-state index in [4.69, 9.17) is 0 Å². The van der Waals surface area contributed by atoms with E-state index in [0.29, 0.717) is 0 Å². The standard InChI is InChI=1S/C14H24O/c1-11(2)13-7-5-12(6-8-13)9-14(3,4)10-15/h5,10-11,13H,6-9H2,1-4H3. The molecule has 1 rings (SSSR count). The zero-order chi connectivity index (χ0) is 11.5. The second-order valence-electron chi connectivity index (χ2n) is 5.92. The third-order valence-corrected chi connectivity index (χ3v) is 3.49. The second-order valence-corrected chi connectivity index (χ2v) is 5.92. The van der Waals surface area contributed by atoms with E-state index in [1.807, 2.05) is 13.8 Å². The zero-order valence-corrected chi connectivity index (χ0v) is 10.5. The topological polar surface area (TPSA) is 17.1 Å². The summed E-state index contributed by atoms with van der Waals surface area (Å²) in [5, 5.41) is 0. The third-order valence-electron chi connectivity index (χ3n) is 3.49. The summed E-state index contributed by atoms with van der Waals surface area (Å²) in [5.74, 6) is 1.65. The van der Waals surface area contributed by atoms with Crippen molar-refractivity contribution in [3.8, 4) is 0 Å². The van der Waals surface area contributed by atoms with Crippen LogP contribution in [-0.4, -0.2) is 6.29 Å². The van der Waals surface area contributed by atoms with Gasteiger partial charge in [-0.05, 0) is 37.5 Å². The maximum absolute atomic E-state index is 10.8. The molecule has 1 heteroatoms. The van der Waals surface area contributed by atoms with Gasteiger partial charge in [0.15, 0.2) is 0 Å². The Kier molecular flexibility index (Phi) is 4.12. The molecular weight excluding hydrogens is 184 g/mol. The van der Waals surface area contributed by atoms with Crippen LogP contribution in [0.4, 0.5) is 0 Å². The van der Waals surface area contributed by atoms with Crippen LogP contribution in [0.2, 0.25) is 0 Å². The average Bonchev–Trinajstić information content (AvgIpc) is 2.18. The van der Waals surface area contributed by atoms with Crippen LogP contribution in [0, 0.1) is 17.3 Å². The average molecular weight is 208 g/mol. The molecule has 0 N–H and O–H groups in total. The van der Waals surface area contributed by atoms with Gasteiger partial charge in [0.05, 0.1) is 0 Å². The van der Waals surface area contributed by atoms with Gasteiger partial charge in [0.25, 0.3) is 0 Å². The zero-order valence-electron chi connectivity index (χ0n) is 10.5. The summed E-state index contributed by atoms with van der Waals surface area (Å²) in [4.78, 5) is 10.8. The van der Waals surface area contributed by atoms with Crippen LogP contribution >= 0.6 is 0 Å². The number of hydrogen-bond donors (Lipinski definition) is 0. The van der Waals surface area contributed by atoms with Crippen LogP contribution in [-0.2, 0) is 4.79 Å². The van der Waals surface area contributed by atoms with E-state index >= 15 is 0 Å². The van der Waals surface area contributed by atoms with Gasteiger partial charge in [0.1, 0.15) is 6.29 Å². The maximum Gasteiger partial charge on any atom is 0.125 e. The van der Waals surface area contributed by atoms with Crippen LogP contribution < -0.4 is 0 Å². The van der Waals surface area contributed by atoms with Crippen molar-refractivity contribution in [2.24, 2.45) is 17.3 Å². The molecule has 1 aliphatic rings. The van der Waals surface area contributed by atoms with Crippen molar-refractivity contribution in [1.29, 1.82) is 0 Å². The van der Waals surface area contributed by atoms with E-state index < -0.39 is 0 Å². The van der Waals surface area contributed by atoms with Gasteiger partial charge >= 0.3 is 0 Å². The molecule has 0 aliphatic heterocycles. The second kappa shape index (κ2) is 4.96. The summed E-state index contributed by atoms with van der Waals surface area (Å²) >= 11 is 0. The molecule has 0 fully saturated rings. The molecule has 0 aromatic carbocycles. The molecule has 0 saturated heterocycles. The lowest BCUT2D eigenvalue weighted by molar-refractivity contribution is -0.114. The minimum absolute atomic E-state index is 0.170. The Balaban J connectivity index is 2.51. The van der Waals surface area contributed by atoms with E-state index in [9.17, 15) is 4.79 Å². The van der Waals surface area contributed by atoms with Crippen molar-refractivity contribution in [3.63, 3.8) is 0 Å². The Labute approximate surface area is 93.9 Å². The molecule has 1 atom stereocenters. The van der Waals surface area contributed by atoms with E-state index in [0.717, 1.165) is 24.5 Å². The number of hydrogen-bond acceptors (Lipinski definition) is 1. The van der Waals surface area contributed by atoms with Gasteiger partial charge in [-0.3, -0.25) is 0 Å². The Morgan fingerprint density at radius 2 is 2.20 bits per heavy atom. The largest absolute Gasteiger partial charge is 0.303 e. The monoisotopic (exact) mass is 208 g/mol. The molecular formula is C14H24O. The highest BCUT2D eigenvalue weighted by Gasteiger charge is 2.22. The lowest BCUT2D eigenvalue weighted by Crippen LogP contribution is -2.17. The SMILES string of the molecule is CC(C)C1CC=C(CC(C)(C)C=O)CC1. The van der Waals surface area contributed by atoms with E-state index in [-0.39, 0.29) is 5.41 Å². The Hall–Kier alpha value is -0.590. The molecule has 0 bridgehead atoms. The highest BCUT2D eigenvalue weighted by Crippen LogP contribution is 2.34. The Morgan fingerprint density at radius 3 is 2.60 bits per heavy atom.